The second-order valence-corrected chi connectivity index (χ2v) is 3.81. The summed E-state index contributed by atoms with van der Waals surface area (Å²) in [5, 5.41) is 26.3. The second-order valence-electron chi connectivity index (χ2n) is 3.81. The number of carboxylic acids is 3. The van der Waals surface area contributed by atoms with Crippen molar-refractivity contribution in [2.24, 2.45) is 17.8 Å². The van der Waals surface area contributed by atoms with Crippen molar-refractivity contribution in [1.29, 1.82) is 0 Å². The van der Waals surface area contributed by atoms with Crippen molar-refractivity contribution in [3.63, 3.8) is 0 Å². The zero-order chi connectivity index (χ0) is 11.6. The van der Waals surface area contributed by atoms with Crippen molar-refractivity contribution in [2.45, 2.75) is 19.3 Å². The molecule has 0 unspecified atom stereocenters. The van der Waals surface area contributed by atoms with Crippen molar-refractivity contribution in [1.82, 2.24) is 0 Å². The molecular weight excluding hydrogens is 240 g/mol. The van der Waals surface area contributed by atoms with E-state index in [1.165, 1.54) is 0 Å². The Hall–Kier alpha value is -1.30. The minimum atomic E-state index is -1.12. The molecule has 3 N–H and O–H groups in total. The molecule has 16 heavy (non-hydrogen) atoms. The van der Waals surface area contributed by atoms with Crippen LogP contribution in [0.2, 0.25) is 0 Å². The molecule has 7 heteroatoms. The Kier molecular flexibility index (Phi) is 5.23. The van der Waals surface area contributed by atoms with Gasteiger partial charge in [-0.25, -0.2) is 0 Å². The van der Waals surface area contributed by atoms with Crippen LogP contribution in [0.3, 0.4) is 0 Å². The minimum Gasteiger partial charge on any atom is -0.481 e. The minimum absolute atomic E-state index is 0. The fraction of sp³-hybridized carbons (Fsp3) is 0.667. The highest BCUT2D eigenvalue weighted by Gasteiger charge is 2.38. The lowest BCUT2D eigenvalue weighted by Crippen LogP contribution is -2.34. The predicted molar refractivity (Wildman–Crippen MR) is 54.5 cm³/mol. The van der Waals surface area contributed by atoms with Gasteiger partial charge in [-0.3, -0.25) is 14.4 Å². The zero-order valence-electron chi connectivity index (χ0n) is 8.33. The Morgan fingerprint density at radius 3 is 1.00 bits per heavy atom. The van der Waals surface area contributed by atoms with Crippen molar-refractivity contribution in [3.05, 3.63) is 0 Å². The van der Waals surface area contributed by atoms with E-state index in [0.717, 1.165) is 0 Å². The highest BCUT2D eigenvalue weighted by molar-refractivity contribution is 5.85. The first-order chi connectivity index (χ1) is 6.91. The predicted octanol–water partition coefficient (Wildman–Crippen LogP) is 0.694. The van der Waals surface area contributed by atoms with E-state index in [2.05, 4.69) is 0 Å². The summed E-state index contributed by atoms with van der Waals surface area (Å²) in [6.07, 6.45) is 0.0668. The lowest BCUT2D eigenvalue weighted by Gasteiger charge is -2.28. The number of halogens is 1. The van der Waals surface area contributed by atoms with E-state index < -0.39 is 35.7 Å². The Balaban J connectivity index is 0.00000225. The first kappa shape index (κ1) is 14.7. The average Bonchev–Trinajstić information content (AvgIpc) is 2.16. The SMILES string of the molecule is Cl.O=C(O)C1CC(C(=O)O)CC(C(=O)O)C1. The van der Waals surface area contributed by atoms with Crippen molar-refractivity contribution in [2.75, 3.05) is 0 Å². The Morgan fingerprint density at radius 2 is 0.875 bits per heavy atom. The van der Waals surface area contributed by atoms with Crippen LogP contribution in [0.25, 0.3) is 0 Å². The Labute approximate surface area is 97.7 Å². The zero-order valence-corrected chi connectivity index (χ0v) is 9.14. The first-order valence-electron chi connectivity index (χ1n) is 4.60. The van der Waals surface area contributed by atoms with Gasteiger partial charge in [0, 0.05) is 0 Å². The van der Waals surface area contributed by atoms with Crippen molar-refractivity contribution < 1.29 is 29.7 Å². The maximum Gasteiger partial charge on any atom is 0.306 e. The molecule has 1 saturated carbocycles. The van der Waals surface area contributed by atoms with Gasteiger partial charge in [0.1, 0.15) is 0 Å². The van der Waals surface area contributed by atoms with Crippen LogP contribution in [0.1, 0.15) is 19.3 Å². The summed E-state index contributed by atoms with van der Waals surface area (Å²) in [4.78, 5) is 32.1. The second kappa shape index (κ2) is 5.69. The molecule has 0 radical (unpaired) electrons. The molecule has 0 heterocycles. The van der Waals surface area contributed by atoms with Gasteiger partial charge in [-0.05, 0) is 19.3 Å². The average molecular weight is 253 g/mol. The third kappa shape index (κ3) is 3.37. The molecule has 0 aliphatic heterocycles. The van der Waals surface area contributed by atoms with E-state index in [1.807, 2.05) is 0 Å². The molecule has 0 aromatic carbocycles. The van der Waals surface area contributed by atoms with E-state index >= 15 is 0 Å². The summed E-state index contributed by atoms with van der Waals surface area (Å²) in [6, 6.07) is 0. The van der Waals surface area contributed by atoms with Gasteiger partial charge in [0.15, 0.2) is 0 Å². The van der Waals surface area contributed by atoms with E-state index in [0.29, 0.717) is 0 Å². The molecule has 0 spiro atoms. The van der Waals surface area contributed by atoms with Gasteiger partial charge in [-0.2, -0.15) is 0 Å². The molecule has 1 aliphatic carbocycles. The number of carbonyl (C=O) groups is 3. The summed E-state index contributed by atoms with van der Waals surface area (Å²) in [5.41, 5.74) is 0. The van der Waals surface area contributed by atoms with Crippen LogP contribution < -0.4 is 0 Å². The Morgan fingerprint density at radius 1 is 0.688 bits per heavy atom. The van der Waals surface area contributed by atoms with Gasteiger partial charge in [-0.15, -0.1) is 12.4 Å². The lowest BCUT2D eigenvalue weighted by atomic mass is 9.75. The molecule has 0 aromatic heterocycles. The lowest BCUT2D eigenvalue weighted by molar-refractivity contribution is -0.153. The number of aliphatic carboxylic acids is 3. The van der Waals surface area contributed by atoms with Crippen LogP contribution in [0.4, 0.5) is 0 Å². The van der Waals surface area contributed by atoms with Gasteiger partial charge in [-0.1, -0.05) is 0 Å². The van der Waals surface area contributed by atoms with Crippen molar-refractivity contribution in [3.8, 4) is 0 Å². The summed E-state index contributed by atoms with van der Waals surface area (Å²) < 4.78 is 0. The quantitative estimate of drug-likeness (QED) is 0.681. The van der Waals surface area contributed by atoms with E-state index in [4.69, 9.17) is 15.3 Å². The molecule has 1 rings (SSSR count). The molecule has 0 amide bonds. The fourth-order valence-electron chi connectivity index (χ4n) is 1.92. The summed E-state index contributed by atoms with van der Waals surface area (Å²) in [6.45, 7) is 0. The number of hydrogen-bond acceptors (Lipinski definition) is 3. The molecule has 1 fully saturated rings. The largest absolute Gasteiger partial charge is 0.481 e. The monoisotopic (exact) mass is 252 g/mol. The molecule has 0 saturated heterocycles. The molecular formula is C9H13ClO6. The molecule has 0 atom stereocenters. The molecule has 0 aromatic rings. The summed E-state index contributed by atoms with van der Waals surface area (Å²) in [7, 11) is 0. The molecule has 1 aliphatic rings. The third-order valence-corrected chi connectivity index (χ3v) is 2.75. The van der Waals surface area contributed by atoms with E-state index in [9.17, 15) is 14.4 Å². The standard InChI is InChI=1S/C9H12O6.ClH/c10-7(11)4-1-5(8(12)13)3-6(2-4)9(14)15;/h4-6H,1-3H2,(H,10,11)(H,12,13)(H,14,15);1H. The maximum absolute atomic E-state index is 10.7. The molecule has 6 nitrogen and oxygen atoms in total. The van der Waals surface area contributed by atoms with Gasteiger partial charge in [0.25, 0.3) is 0 Å². The smallest absolute Gasteiger partial charge is 0.306 e. The van der Waals surface area contributed by atoms with Gasteiger partial charge in [0.2, 0.25) is 0 Å². The van der Waals surface area contributed by atoms with Gasteiger partial charge >= 0.3 is 17.9 Å². The number of carboxylic acid groups (broad SMARTS) is 3. The van der Waals surface area contributed by atoms with Gasteiger partial charge < -0.3 is 15.3 Å². The molecule has 92 valence electrons. The van der Waals surface area contributed by atoms with Crippen LogP contribution in [-0.2, 0) is 14.4 Å². The van der Waals surface area contributed by atoms with E-state index in [-0.39, 0.29) is 31.7 Å². The van der Waals surface area contributed by atoms with Crippen LogP contribution in [0.5, 0.6) is 0 Å². The highest BCUT2D eigenvalue weighted by Crippen LogP contribution is 2.33. The topological polar surface area (TPSA) is 112 Å². The van der Waals surface area contributed by atoms with Crippen LogP contribution in [0.15, 0.2) is 0 Å². The van der Waals surface area contributed by atoms with Gasteiger partial charge in [0.05, 0.1) is 17.8 Å². The maximum atomic E-state index is 10.7. The van der Waals surface area contributed by atoms with E-state index in [1.54, 1.807) is 0 Å². The summed E-state index contributed by atoms with van der Waals surface area (Å²) >= 11 is 0. The Bertz CT molecular complexity index is 249. The highest BCUT2D eigenvalue weighted by atomic mass is 35.5. The van der Waals surface area contributed by atoms with Crippen LogP contribution in [-0.4, -0.2) is 33.2 Å². The normalized spacial score (nSPS) is 28.9. The summed E-state index contributed by atoms with van der Waals surface area (Å²) in [5.74, 6) is -5.94. The number of rotatable bonds is 3. The third-order valence-electron chi connectivity index (χ3n) is 2.75. The first-order valence-corrected chi connectivity index (χ1v) is 4.60. The van der Waals surface area contributed by atoms with Crippen LogP contribution in [0, 0.1) is 17.8 Å². The molecule has 0 bridgehead atoms. The van der Waals surface area contributed by atoms with Crippen LogP contribution >= 0.6 is 12.4 Å². The van der Waals surface area contributed by atoms with Crippen molar-refractivity contribution >= 4 is 30.3 Å². The fourth-order valence-corrected chi connectivity index (χ4v) is 1.92. The number of hydrogen-bond donors (Lipinski definition) is 3.